The summed E-state index contributed by atoms with van der Waals surface area (Å²) in [6, 6.07) is 12.5. The molecule has 1 aliphatic heterocycles. The molecule has 2 aromatic carbocycles. The van der Waals surface area contributed by atoms with Crippen molar-refractivity contribution in [1.29, 1.82) is 0 Å². The summed E-state index contributed by atoms with van der Waals surface area (Å²) in [5, 5.41) is 15.3. The predicted octanol–water partition coefficient (Wildman–Crippen LogP) is 5.90. The molecule has 0 aliphatic carbocycles. The van der Waals surface area contributed by atoms with Gasteiger partial charge in [0.1, 0.15) is 24.5 Å². The van der Waals surface area contributed by atoms with Crippen molar-refractivity contribution < 1.29 is 67.0 Å². The molecular formula is C51H74ClN3O14. The van der Waals surface area contributed by atoms with Gasteiger partial charge in [-0.1, -0.05) is 88.4 Å². The van der Waals surface area contributed by atoms with Gasteiger partial charge in [-0.2, -0.15) is 0 Å². The number of esters is 2. The van der Waals surface area contributed by atoms with Crippen LogP contribution in [0.5, 0.6) is 5.75 Å². The van der Waals surface area contributed by atoms with Crippen molar-refractivity contribution in [2.24, 2.45) is 17.8 Å². The Hall–Kier alpha value is -4.88. The first-order valence-corrected chi connectivity index (χ1v) is 24.0. The van der Waals surface area contributed by atoms with Crippen molar-refractivity contribution in [3.05, 3.63) is 89.0 Å². The van der Waals surface area contributed by atoms with Crippen molar-refractivity contribution in [3.63, 3.8) is 0 Å². The molecule has 6 atom stereocenters. The van der Waals surface area contributed by atoms with E-state index in [1.54, 1.807) is 24.3 Å². The quantitative estimate of drug-likeness (QED) is 0.0237. The minimum atomic E-state index is -1.29. The van der Waals surface area contributed by atoms with Gasteiger partial charge in [0.25, 0.3) is 0 Å². The molecule has 1 saturated heterocycles. The van der Waals surface area contributed by atoms with Crippen molar-refractivity contribution >= 4 is 41.3 Å². The normalized spacial score (nSPS) is 16.1. The molecule has 0 spiro atoms. The molecule has 17 nitrogen and oxygen atoms in total. The van der Waals surface area contributed by atoms with Gasteiger partial charge in [-0.3, -0.25) is 24.1 Å². The van der Waals surface area contributed by atoms with Crippen LogP contribution in [0.3, 0.4) is 0 Å². The lowest BCUT2D eigenvalue weighted by molar-refractivity contribution is -0.167. The molecule has 18 heteroatoms. The first-order valence-electron chi connectivity index (χ1n) is 23.6. The number of rotatable bonds is 37. The molecule has 0 bridgehead atoms. The number of carboxylic acid groups (broad SMARTS) is 1. The molecule has 3 rings (SSSR count). The molecule has 1 heterocycles. The number of carboxylic acids is 1. The highest BCUT2D eigenvalue weighted by atomic mass is 35.5. The average molecular weight is 989 g/mol. The fourth-order valence-corrected chi connectivity index (χ4v) is 7.23. The van der Waals surface area contributed by atoms with Crippen molar-refractivity contribution in [2.45, 2.75) is 90.7 Å². The van der Waals surface area contributed by atoms with E-state index >= 15 is 0 Å². The van der Waals surface area contributed by atoms with E-state index in [1.165, 1.54) is 31.7 Å². The highest BCUT2D eigenvalue weighted by molar-refractivity contribution is 6.32. The second-order valence-corrected chi connectivity index (χ2v) is 17.8. The number of amides is 2. The van der Waals surface area contributed by atoms with Gasteiger partial charge in [0, 0.05) is 26.1 Å². The van der Waals surface area contributed by atoms with E-state index < -0.39 is 41.8 Å². The summed E-state index contributed by atoms with van der Waals surface area (Å²) in [5.74, 6) is -3.45. The largest absolute Gasteiger partial charge is 0.495 e. The van der Waals surface area contributed by atoms with E-state index in [-0.39, 0.29) is 69.0 Å². The van der Waals surface area contributed by atoms with E-state index in [9.17, 15) is 29.1 Å². The average Bonchev–Trinajstić information content (AvgIpc) is 4.12. The van der Waals surface area contributed by atoms with Crippen molar-refractivity contribution in [1.82, 2.24) is 15.5 Å². The lowest BCUT2D eigenvalue weighted by Gasteiger charge is -2.21. The maximum absolute atomic E-state index is 13.5. The predicted molar refractivity (Wildman–Crippen MR) is 260 cm³/mol. The van der Waals surface area contributed by atoms with Gasteiger partial charge in [0.15, 0.2) is 6.10 Å². The number of hydrogen-bond donors (Lipinski definition) is 3. The Kier molecular flexibility index (Phi) is 27.8. The fraction of sp³-hybridized carbons (Fsp3) is 0.588. The highest BCUT2D eigenvalue weighted by Gasteiger charge is 2.43. The molecule has 2 aromatic rings. The van der Waals surface area contributed by atoms with Gasteiger partial charge < -0.3 is 53.6 Å². The first-order chi connectivity index (χ1) is 33.1. The van der Waals surface area contributed by atoms with Crippen LogP contribution >= 0.6 is 11.6 Å². The third-order valence-electron chi connectivity index (χ3n) is 10.9. The number of allylic oxidation sites excluding steroid dienone is 1. The number of nitrogens with zero attached hydrogens (tertiary/aromatic N) is 1. The monoisotopic (exact) mass is 987 g/mol. The number of carbonyl (C=O) groups excluding carboxylic acids is 4. The lowest BCUT2D eigenvalue weighted by atomic mass is 9.96. The molecule has 0 radical (unpaired) electrons. The van der Waals surface area contributed by atoms with Crippen LogP contribution in [0.15, 0.2) is 67.3 Å². The van der Waals surface area contributed by atoms with Crippen LogP contribution in [0, 0.1) is 17.8 Å². The smallest absolute Gasteiger partial charge is 0.345 e. The summed E-state index contributed by atoms with van der Waals surface area (Å²) in [7, 11) is 3.55. The number of carbonyl (C=O) groups is 5. The van der Waals surface area contributed by atoms with Crippen LogP contribution in [0.25, 0.3) is 0 Å². The van der Waals surface area contributed by atoms with Crippen LogP contribution in [-0.2, 0) is 70.1 Å². The van der Waals surface area contributed by atoms with Gasteiger partial charge >= 0.3 is 17.9 Å². The summed E-state index contributed by atoms with van der Waals surface area (Å²) in [5.41, 5.74) is 2.98. The Labute approximate surface area is 412 Å². The number of halogens is 1. The lowest BCUT2D eigenvalue weighted by Crippen LogP contribution is -2.49. The minimum Gasteiger partial charge on any atom is -0.495 e. The first kappa shape index (κ1) is 58.4. The molecule has 2 amide bonds. The molecular weight excluding hydrogens is 914 g/mol. The van der Waals surface area contributed by atoms with E-state index in [4.69, 9.17) is 49.5 Å². The Morgan fingerprint density at radius 1 is 0.899 bits per heavy atom. The van der Waals surface area contributed by atoms with Gasteiger partial charge in [-0.25, -0.2) is 4.79 Å². The SMILES string of the molecule is C=CCOC(=O)CCOCCOCCOCCOCCN(C)Cc1ccc(C2OC2[C@@H](C)CC/C=C/C(=O)N[C@H](Cc2ccc(OC)c(Cl)c2)C(=O)NC[C@@H](C)C(=O)O[C@@H](CC(C)C)C(=O)O)cc1. The molecule has 3 N–H and O–H groups in total. The van der Waals surface area contributed by atoms with Gasteiger partial charge in [-0.05, 0) is 73.0 Å². The Balaban J connectivity index is 1.34. The summed E-state index contributed by atoms with van der Waals surface area (Å²) in [4.78, 5) is 64.5. The molecule has 384 valence electrons. The van der Waals surface area contributed by atoms with E-state index in [0.29, 0.717) is 69.0 Å². The zero-order chi connectivity index (χ0) is 50.6. The number of ether oxygens (including phenoxy) is 8. The van der Waals surface area contributed by atoms with E-state index in [1.807, 2.05) is 13.8 Å². The van der Waals surface area contributed by atoms with E-state index in [0.717, 1.165) is 25.1 Å². The summed E-state index contributed by atoms with van der Waals surface area (Å²) < 4.78 is 43.5. The Morgan fingerprint density at radius 3 is 2.14 bits per heavy atom. The third-order valence-corrected chi connectivity index (χ3v) is 11.2. The Morgan fingerprint density at radius 2 is 1.54 bits per heavy atom. The summed E-state index contributed by atoms with van der Waals surface area (Å²) in [6.07, 6.45) is 5.36. The van der Waals surface area contributed by atoms with Crippen LogP contribution < -0.4 is 15.4 Å². The van der Waals surface area contributed by atoms with Crippen LogP contribution in [-0.4, -0.2) is 145 Å². The highest BCUT2D eigenvalue weighted by Crippen LogP contribution is 2.44. The number of methoxy groups -OCH3 is 1. The number of benzene rings is 2. The molecule has 1 fully saturated rings. The summed E-state index contributed by atoms with van der Waals surface area (Å²) in [6.45, 7) is 16.0. The minimum absolute atomic E-state index is 0.00748. The number of nitrogens with one attached hydrogen (secondary N) is 2. The van der Waals surface area contributed by atoms with Gasteiger partial charge in [0.05, 0.1) is 83.4 Å². The van der Waals surface area contributed by atoms with Crippen LogP contribution in [0.4, 0.5) is 0 Å². The molecule has 69 heavy (non-hydrogen) atoms. The number of aliphatic carboxylic acids is 1. The fourth-order valence-electron chi connectivity index (χ4n) is 6.95. The topological polar surface area (TPSA) is 210 Å². The maximum Gasteiger partial charge on any atom is 0.345 e. The summed E-state index contributed by atoms with van der Waals surface area (Å²) >= 11 is 6.34. The molecule has 0 aromatic heterocycles. The molecule has 1 aliphatic rings. The number of epoxide rings is 1. The third kappa shape index (κ3) is 24.0. The number of hydrogen-bond acceptors (Lipinski definition) is 14. The maximum atomic E-state index is 13.5. The second kappa shape index (κ2) is 32.8. The zero-order valence-corrected chi connectivity index (χ0v) is 41.9. The van der Waals surface area contributed by atoms with E-state index in [2.05, 4.69) is 60.3 Å². The van der Waals surface area contributed by atoms with Crippen LogP contribution in [0.1, 0.15) is 76.2 Å². The van der Waals surface area contributed by atoms with Crippen molar-refractivity contribution in [3.8, 4) is 5.75 Å². The van der Waals surface area contributed by atoms with Gasteiger partial charge in [-0.15, -0.1) is 0 Å². The number of likely N-dealkylation sites (N-methyl/N-ethyl adjacent to an activating group) is 1. The second-order valence-electron chi connectivity index (χ2n) is 17.4. The standard InChI is InChI=1S/C51H74ClN3O14/c1-8-21-67-46(57)19-22-63-24-26-65-28-29-66-27-25-64-23-20-55(6)34-38-13-16-40(17-14-38)48-47(69-48)36(4)11-9-10-12-45(56)54-42(32-39-15-18-43(62-7)41(52)31-39)49(58)53-33-37(5)51(61)68-44(50(59)60)30-35(2)3/h8,10,12-18,31,35-37,42,44,47-48H,1,9,11,19-30,32-34H2,2-7H3,(H,53,58)(H,54,56)(H,59,60)/b12-10+/t36-,37+,42+,44-,47?,48?/m0/s1. The van der Waals surface area contributed by atoms with Crippen molar-refractivity contribution in [2.75, 3.05) is 86.7 Å². The van der Waals surface area contributed by atoms with Crippen LogP contribution in [0.2, 0.25) is 5.02 Å². The Bertz CT molecular complexity index is 1910. The molecule has 0 saturated carbocycles. The zero-order valence-electron chi connectivity index (χ0n) is 41.1. The van der Waals surface area contributed by atoms with Gasteiger partial charge in [0.2, 0.25) is 11.8 Å². The molecule has 2 unspecified atom stereocenters.